The highest BCUT2D eigenvalue weighted by Gasteiger charge is 2.48. The van der Waals surface area contributed by atoms with Crippen LogP contribution in [0.4, 0.5) is 27.8 Å². The van der Waals surface area contributed by atoms with Gasteiger partial charge in [-0.25, -0.2) is 18.7 Å². The number of carbonyl (C=O) groups is 2. The van der Waals surface area contributed by atoms with Gasteiger partial charge in [-0.05, 0) is 56.8 Å². The maximum atomic E-state index is 14.4. The van der Waals surface area contributed by atoms with E-state index in [4.69, 9.17) is 4.43 Å². The smallest absolute Gasteiger partial charge is 0.408 e. The second-order valence-corrected chi connectivity index (χ2v) is 18.8. The van der Waals surface area contributed by atoms with Crippen LogP contribution in [0.25, 0.3) is 10.4 Å². The summed E-state index contributed by atoms with van der Waals surface area (Å²) in [6.45, 7) is 14.2. The van der Waals surface area contributed by atoms with E-state index in [9.17, 15) is 31.5 Å². The van der Waals surface area contributed by atoms with Gasteiger partial charge in [-0.2, -0.15) is 13.2 Å². The van der Waals surface area contributed by atoms with Crippen LogP contribution < -0.4 is 10.6 Å². The molecule has 1 aliphatic heterocycles. The number of likely N-dealkylation sites (tertiary alicyclic amines) is 1. The first-order valence-electron chi connectivity index (χ1n) is 14.8. The Kier molecular flexibility index (Phi) is 9.82. The fraction of sp³-hybridized carbons (Fsp3) is 0.655. The molecule has 0 bridgehead atoms. The van der Waals surface area contributed by atoms with E-state index in [1.807, 2.05) is 6.92 Å². The highest BCUT2D eigenvalue weighted by atomic mass is 32.1. The van der Waals surface area contributed by atoms with E-state index in [2.05, 4.69) is 54.5 Å². The van der Waals surface area contributed by atoms with E-state index in [0.29, 0.717) is 13.0 Å². The van der Waals surface area contributed by atoms with E-state index >= 15 is 0 Å². The predicted molar refractivity (Wildman–Crippen MR) is 162 cm³/mol. The molecule has 44 heavy (non-hydrogen) atoms. The Morgan fingerprint density at radius 3 is 2.45 bits per heavy atom. The molecule has 2 aromatic heterocycles. The Bertz CT molecular complexity index is 1380. The van der Waals surface area contributed by atoms with Crippen LogP contribution in [0.5, 0.6) is 0 Å². The van der Waals surface area contributed by atoms with Crippen LogP contribution in [0.15, 0.2) is 12.3 Å². The van der Waals surface area contributed by atoms with Gasteiger partial charge >= 0.3 is 6.18 Å². The molecule has 2 aromatic rings. The summed E-state index contributed by atoms with van der Waals surface area (Å²) in [4.78, 5) is 36.9. The Hall–Kier alpha value is -2.65. The molecular weight excluding hydrogens is 621 g/mol. The molecule has 1 saturated heterocycles. The Balaban J connectivity index is 1.66. The quantitative estimate of drug-likeness (QED) is 0.203. The van der Waals surface area contributed by atoms with Crippen molar-refractivity contribution in [2.24, 2.45) is 0 Å². The summed E-state index contributed by atoms with van der Waals surface area (Å²) in [5.74, 6) is -1.44. The van der Waals surface area contributed by atoms with Crippen molar-refractivity contribution in [3.8, 4) is 10.4 Å². The van der Waals surface area contributed by atoms with Gasteiger partial charge in [0, 0.05) is 29.9 Å². The summed E-state index contributed by atoms with van der Waals surface area (Å²) < 4.78 is 75.1. The maximum Gasteiger partial charge on any atom is 0.408 e. The predicted octanol–water partition coefficient (Wildman–Crippen LogP) is 7.41. The lowest BCUT2D eigenvalue weighted by Crippen LogP contribution is -2.42. The zero-order valence-corrected chi connectivity index (χ0v) is 27.8. The molecule has 2 fully saturated rings. The zero-order chi connectivity index (χ0) is 32.8. The number of thiazole rings is 1. The number of alkyl halides is 5. The van der Waals surface area contributed by atoms with E-state index in [0.717, 1.165) is 36.4 Å². The number of nitrogens with one attached hydrogen (secondary N) is 2. The molecule has 3 heterocycles. The molecule has 0 aromatic carbocycles. The van der Waals surface area contributed by atoms with Gasteiger partial charge in [0.2, 0.25) is 0 Å². The second kappa shape index (κ2) is 12.6. The van der Waals surface area contributed by atoms with Crippen molar-refractivity contribution < 1.29 is 36.0 Å². The van der Waals surface area contributed by atoms with E-state index < -0.39 is 44.3 Å². The van der Waals surface area contributed by atoms with Crippen molar-refractivity contribution in [2.45, 2.75) is 115 Å². The van der Waals surface area contributed by atoms with Crippen molar-refractivity contribution in [1.29, 1.82) is 0 Å². The van der Waals surface area contributed by atoms with Crippen molar-refractivity contribution in [1.82, 2.24) is 20.2 Å². The molecule has 0 unspecified atom stereocenters. The molecule has 4 atom stereocenters. The maximum absolute atomic E-state index is 14.4. The normalized spacial score (nSPS) is 21.5. The lowest BCUT2D eigenvalue weighted by atomic mass is 10.1. The summed E-state index contributed by atoms with van der Waals surface area (Å²) in [7, 11) is -2.07. The number of aromatic nitrogens is 2. The number of amides is 2. The molecule has 8 nitrogen and oxygen atoms in total. The lowest BCUT2D eigenvalue weighted by Gasteiger charge is -2.36. The van der Waals surface area contributed by atoms with Crippen LogP contribution >= 0.6 is 11.3 Å². The van der Waals surface area contributed by atoms with Gasteiger partial charge in [-0.3, -0.25) is 9.59 Å². The minimum atomic E-state index is -4.61. The van der Waals surface area contributed by atoms with Crippen LogP contribution in [-0.2, 0) is 4.43 Å². The molecule has 244 valence electrons. The van der Waals surface area contributed by atoms with E-state index in [1.165, 1.54) is 6.92 Å². The van der Waals surface area contributed by atoms with Gasteiger partial charge in [0.1, 0.15) is 17.6 Å². The molecular formula is C29H40F5N5O3SSi. The highest BCUT2D eigenvalue weighted by Crippen LogP contribution is 2.42. The first-order chi connectivity index (χ1) is 20.3. The fourth-order valence-corrected chi connectivity index (χ4v) is 7.23. The average molecular weight is 662 g/mol. The largest absolute Gasteiger partial charge is 0.412 e. The average Bonchev–Trinajstić information content (AvgIpc) is 3.28. The Morgan fingerprint density at radius 2 is 1.91 bits per heavy atom. The van der Waals surface area contributed by atoms with Crippen LogP contribution in [0.3, 0.4) is 0 Å². The molecule has 2 N–H and O–H groups in total. The molecule has 0 radical (unpaired) electrons. The molecule has 2 aliphatic rings. The molecule has 0 spiro atoms. The molecule has 4 rings (SSSR count). The Morgan fingerprint density at radius 1 is 1.23 bits per heavy atom. The van der Waals surface area contributed by atoms with Gasteiger partial charge in [0.05, 0.1) is 17.0 Å². The summed E-state index contributed by atoms with van der Waals surface area (Å²) >= 11 is 0.781. The van der Waals surface area contributed by atoms with Gasteiger partial charge < -0.3 is 20.0 Å². The summed E-state index contributed by atoms with van der Waals surface area (Å²) in [6.07, 6.45) is -5.04. The van der Waals surface area contributed by atoms with Gasteiger partial charge in [0.15, 0.2) is 13.3 Å². The van der Waals surface area contributed by atoms with Crippen LogP contribution in [-0.4, -0.2) is 72.0 Å². The molecule has 2 amide bonds. The lowest BCUT2D eigenvalue weighted by molar-refractivity contribution is -0.142. The number of anilines is 1. The SMILES string of the molecule is CC[C@H](Nc1cc(C(F)F)c(-c2sc(C(=O)N[C@@H]3C[C@@H]3O[Si](C)(C)C(C)(C)C)nc2C(=O)N2CCC[C@@H]2C)cn1)C(F)(F)F. The molecule has 1 aliphatic carbocycles. The third-order valence-electron chi connectivity index (χ3n) is 8.68. The number of nitrogens with zero attached hydrogens (tertiary/aromatic N) is 3. The van der Waals surface area contributed by atoms with E-state index in [-0.39, 0.29) is 56.6 Å². The summed E-state index contributed by atoms with van der Waals surface area (Å²) in [5.41, 5.74) is -0.948. The first kappa shape index (κ1) is 34.2. The number of rotatable bonds is 10. The monoisotopic (exact) mass is 661 g/mol. The van der Waals surface area contributed by atoms with Crippen LogP contribution in [0, 0.1) is 0 Å². The third kappa shape index (κ3) is 7.41. The summed E-state index contributed by atoms with van der Waals surface area (Å²) in [6, 6.07) is -1.48. The number of pyridine rings is 1. The number of carbonyl (C=O) groups excluding carboxylic acids is 2. The second-order valence-electron chi connectivity index (χ2n) is 13.0. The fourth-order valence-electron chi connectivity index (χ4n) is 4.87. The van der Waals surface area contributed by atoms with E-state index in [1.54, 1.807) is 4.90 Å². The van der Waals surface area contributed by atoms with Crippen molar-refractivity contribution >= 4 is 37.3 Å². The van der Waals surface area contributed by atoms with Gasteiger partial charge in [0.25, 0.3) is 18.2 Å². The van der Waals surface area contributed by atoms with Crippen LogP contribution in [0.1, 0.15) is 92.6 Å². The molecule has 1 saturated carbocycles. The summed E-state index contributed by atoms with van der Waals surface area (Å²) in [5, 5.41) is 4.98. The number of hydrogen-bond acceptors (Lipinski definition) is 7. The zero-order valence-electron chi connectivity index (χ0n) is 25.9. The minimum absolute atomic E-state index is 0.0119. The first-order valence-corrected chi connectivity index (χ1v) is 18.5. The van der Waals surface area contributed by atoms with Crippen LogP contribution in [0.2, 0.25) is 18.1 Å². The Labute approximate surface area is 259 Å². The number of hydrogen-bond donors (Lipinski definition) is 2. The standard InChI is InChI=1S/C29H40F5N5O3SSi/c1-8-20(29(32,33)34)37-21-12-16(24(30)31)17(14-35-21)23-22(27(41)39-11-9-10-15(39)2)38-26(43-23)25(40)36-18-13-19(18)42-44(6,7)28(3,4)5/h12,14-15,18-20,24H,8-11,13H2,1-7H3,(H,35,37)(H,36,40)/t15-,18+,19-,20-/m0/s1. The van der Waals surface area contributed by atoms with Gasteiger partial charge in [-0.1, -0.05) is 27.7 Å². The number of halogens is 5. The topological polar surface area (TPSA) is 96.4 Å². The van der Waals surface area contributed by atoms with Crippen molar-refractivity contribution in [3.05, 3.63) is 28.5 Å². The van der Waals surface area contributed by atoms with Crippen molar-refractivity contribution in [3.63, 3.8) is 0 Å². The molecule has 15 heteroatoms. The van der Waals surface area contributed by atoms with Gasteiger partial charge in [-0.15, -0.1) is 11.3 Å². The van der Waals surface area contributed by atoms with Crippen molar-refractivity contribution in [2.75, 3.05) is 11.9 Å². The minimum Gasteiger partial charge on any atom is -0.412 e. The highest BCUT2D eigenvalue weighted by molar-refractivity contribution is 7.17. The third-order valence-corrected chi connectivity index (χ3v) is 14.3.